The first-order chi connectivity index (χ1) is 12.8. The molecule has 5 heteroatoms. The zero-order valence-corrected chi connectivity index (χ0v) is 15.4. The third-order valence-corrected chi connectivity index (χ3v) is 4.74. The fourth-order valence-electron chi connectivity index (χ4n) is 3.23. The fourth-order valence-corrected chi connectivity index (χ4v) is 3.23. The van der Waals surface area contributed by atoms with Gasteiger partial charge in [-0.15, -0.1) is 0 Å². The van der Waals surface area contributed by atoms with Crippen LogP contribution < -0.4 is 10.1 Å². The van der Waals surface area contributed by atoms with Gasteiger partial charge in [0.25, 0.3) is 5.91 Å². The molecular weight excluding hydrogens is 328 g/mol. The normalized spacial score (nSPS) is 16.3. The Morgan fingerprint density at radius 2 is 1.96 bits per heavy atom. The van der Waals surface area contributed by atoms with E-state index in [4.69, 9.17) is 9.47 Å². The summed E-state index contributed by atoms with van der Waals surface area (Å²) in [6, 6.07) is 14.0. The third-order valence-electron chi connectivity index (χ3n) is 4.74. The lowest BCUT2D eigenvalue weighted by Gasteiger charge is -2.26. The molecule has 26 heavy (non-hydrogen) atoms. The van der Waals surface area contributed by atoms with Gasteiger partial charge in [0.2, 0.25) is 0 Å². The molecule has 1 atom stereocenters. The highest BCUT2D eigenvalue weighted by molar-refractivity contribution is 5.89. The van der Waals surface area contributed by atoms with Crippen LogP contribution >= 0.6 is 0 Å². The molecule has 0 aliphatic carbocycles. The summed E-state index contributed by atoms with van der Waals surface area (Å²) in [7, 11) is 0. The number of morpholine rings is 1. The SMILES string of the molecule is CC[C@@H](Oc1cccc2ccccc12)C(=O)NCCCN1CCOCC1. The Morgan fingerprint density at radius 3 is 2.77 bits per heavy atom. The molecular formula is C21H28N2O3. The Labute approximate surface area is 155 Å². The molecule has 0 saturated carbocycles. The molecule has 1 aliphatic heterocycles. The van der Waals surface area contributed by atoms with E-state index >= 15 is 0 Å². The van der Waals surface area contributed by atoms with Crippen molar-refractivity contribution in [3.8, 4) is 5.75 Å². The molecule has 1 fully saturated rings. The first-order valence-corrected chi connectivity index (χ1v) is 9.50. The van der Waals surface area contributed by atoms with Crippen LogP contribution in [0.3, 0.4) is 0 Å². The highest BCUT2D eigenvalue weighted by Crippen LogP contribution is 2.26. The van der Waals surface area contributed by atoms with Crippen molar-refractivity contribution >= 4 is 16.7 Å². The van der Waals surface area contributed by atoms with Crippen molar-refractivity contribution in [3.63, 3.8) is 0 Å². The monoisotopic (exact) mass is 356 g/mol. The first kappa shape index (κ1) is 18.7. The molecule has 140 valence electrons. The lowest BCUT2D eigenvalue weighted by molar-refractivity contribution is -0.128. The minimum Gasteiger partial charge on any atom is -0.480 e. The number of rotatable bonds is 8. The number of benzene rings is 2. The van der Waals surface area contributed by atoms with Crippen LogP contribution in [-0.2, 0) is 9.53 Å². The van der Waals surface area contributed by atoms with Crippen molar-refractivity contribution in [2.75, 3.05) is 39.4 Å². The molecule has 1 amide bonds. The topological polar surface area (TPSA) is 50.8 Å². The molecule has 0 unspecified atom stereocenters. The molecule has 0 spiro atoms. The van der Waals surface area contributed by atoms with Crippen molar-refractivity contribution in [2.24, 2.45) is 0 Å². The van der Waals surface area contributed by atoms with Crippen LogP contribution in [-0.4, -0.2) is 56.3 Å². The van der Waals surface area contributed by atoms with Crippen LogP contribution in [0.1, 0.15) is 19.8 Å². The molecule has 1 heterocycles. The highest BCUT2D eigenvalue weighted by Gasteiger charge is 2.19. The molecule has 1 aliphatic rings. The van der Waals surface area contributed by atoms with Crippen molar-refractivity contribution < 1.29 is 14.3 Å². The van der Waals surface area contributed by atoms with Crippen LogP contribution in [0.2, 0.25) is 0 Å². The van der Waals surface area contributed by atoms with Crippen molar-refractivity contribution in [2.45, 2.75) is 25.9 Å². The van der Waals surface area contributed by atoms with E-state index in [2.05, 4.69) is 22.3 Å². The van der Waals surface area contributed by atoms with Gasteiger partial charge in [-0.2, -0.15) is 0 Å². The Balaban J connectivity index is 1.50. The van der Waals surface area contributed by atoms with Gasteiger partial charge in [-0.1, -0.05) is 43.3 Å². The minimum atomic E-state index is -0.468. The average molecular weight is 356 g/mol. The van der Waals surface area contributed by atoms with Gasteiger partial charge in [0.15, 0.2) is 6.10 Å². The number of amides is 1. The van der Waals surface area contributed by atoms with Gasteiger partial charge in [-0.25, -0.2) is 0 Å². The minimum absolute atomic E-state index is 0.0394. The molecule has 3 rings (SSSR count). The van der Waals surface area contributed by atoms with E-state index in [0.29, 0.717) is 13.0 Å². The average Bonchev–Trinajstić information content (AvgIpc) is 2.70. The van der Waals surface area contributed by atoms with E-state index in [9.17, 15) is 4.79 Å². The van der Waals surface area contributed by atoms with Crippen LogP contribution in [0.4, 0.5) is 0 Å². The first-order valence-electron chi connectivity index (χ1n) is 9.50. The van der Waals surface area contributed by atoms with E-state index in [1.54, 1.807) is 0 Å². The van der Waals surface area contributed by atoms with Gasteiger partial charge in [0, 0.05) is 25.0 Å². The lowest BCUT2D eigenvalue weighted by Crippen LogP contribution is -2.41. The quantitative estimate of drug-likeness (QED) is 0.739. The third kappa shape index (κ3) is 4.96. The number of nitrogens with zero attached hydrogens (tertiary/aromatic N) is 1. The summed E-state index contributed by atoms with van der Waals surface area (Å²) >= 11 is 0. The number of fused-ring (bicyclic) bond motifs is 1. The molecule has 1 N–H and O–H groups in total. The van der Waals surface area contributed by atoms with E-state index in [-0.39, 0.29) is 5.91 Å². The summed E-state index contributed by atoms with van der Waals surface area (Å²) in [5.41, 5.74) is 0. The zero-order chi connectivity index (χ0) is 18.2. The summed E-state index contributed by atoms with van der Waals surface area (Å²) in [5.74, 6) is 0.723. The number of carbonyl (C=O) groups is 1. The van der Waals surface area contributed by atoms with Crippen molar-refractivity contribution in [1.29, 1.82) is 0 Å². The second kappa shape index (κ2) is 9.55. The van der Waals surface area contributed by atoms with E-state index in [0.717, 1.165) is 55.8 Å². The smallest absolute Gasteiger partial charge is 0.261 e. The standard InChI is InChI=1S/C21H28N2O3/c1-2-19(21(24)22-11-6-12-23-13-15-25-16-14-23)26-20-10-5-8-17-7-3-4-9-18(17)20/h3-5,7-10,19H,2,6,11-16H2,1H3,(H,22,24)/t19-/m1/s1. The van der Waals surface area contributed by atoms with E-state index < -0.39 is 6.10 Å². The van der Waals surface area contributed by atoms with Gasteiger partial charge in [0.05, 0.1) is 13.2 Å². The maximum absolute atomic E-state index is 12.5. The summed E-state index contributed by atoms with van der Waals surface area (Å²) in [4.78, 5) is 14.9. The largest absolute Gasteiger partial charge is 0.480 e. The predicted octanol–water partition coefficient (Wildman–Crippen LogP) is 2.84. The van der Waals surface area contributed by atoms with E-state index in [1.165, 1.54) is 0 Å². The summed E-state index contributed by atoms with van der Waals surface area (Å²) in [6.07, 6.45) is 1.11. The molecule has 0 radical (unpaired) electrons. The van der Waals surface area contributed by atoms with Crippen molar-refractivity contribution in [3.05, 3.63) is 42.5 Å². The number of ether oxygens (including phenoxy) is 2. The molecule has 0 bridgehead atoms. The molecule has 1 saturated heterocycles. The van der Waals surface area contributed by atoms with Crippen LogP contribution in [0.25, 0.3) is 10.8 Å². The molecule has 0 aromatic heterocycles. The maximum atomic E-state index is 12.5. The summed E-state index contributed by atoms with van der Waals surface area (Å²) in [6.45, 7) is 7.22. The van der Waals surface area contributed by atoms with Gasteiger partial charge < -0.3 is 14.8 Å². The van der Waals surface area contributed by atoms with E-state index in [1.807, 2.05) is 37.3 Å². The number of hydrogen-bond acceptors (Lipinski definition) is 4. The van der Waals surface area contributed by atoms with Gasteiger partial charge in [-0.3, -0.25) is 9.69 Å². The maximum Gasteiger partial charge on any atom is 0.261 e. The van der Waals surface area contributed by atoms with Crippen LogP contribution in [0.15, 0.2) is 42.5 Å². The number of hydrogen-bond donors (Lipinski definition) is 1. The Morgan fingerprint density at radius 1 is 1.19 bits per heavy atom. The lowest BCUT2D eigenvalue weighted by atomic mass is 10.1. The Hall–Kier alpha value is -2.11. The van der Waals surface area contributed by atoms with Gasteiger partial charge in [0.1, 0.15) is 5.75 Å². The molecule has 2 aromatic carbocycles. The number of carbonyl (C=O) groups excluding carboxylic acids is 1. The molecule has 5 nitrogen and oxygen atoms in total. The highest BCUT2D eigenvalue weighted by atomic mass is 16.5. The second-order valence-corrected chi connectivity index (χ2v) is 6.59. The zero-order valence-electron chi connectivity index (χ0n) is 15.4. The van der Waals surface area contributed by atoms with Gasteiger partial charge in [-0.05, 0) is 30.8 Å². The number of nitrogens with one attached hydrogen (secondary N) is 1. The second-order valence-electron chi connectivity index (χ2n) is 6.59. The predicted molar refractivity (Wildman–Crippen MR) is 104 cm³/mol. The summed E-state index contributed by atoms with van der Waals surface area (Å²) in [5, 5.41) is 5.17. The van der Waals surface area contributed by atoms with Gasteiger partial charge >= 0.3 is 0 Å². The fraction of sp³-hybridized carbons (Fsp3) is 0.476. The molecule has 2 aromatic rings. The summed E-state index contributed by atoms with van der Waals surface area (Å²) < 4.78 is 11.4. The Bertz CT molecular complexity index is 708. The Kier molecular flexibility index (Phi) is 6.86. The van der Waals surface area contributed by atoms with Crippen molar-refractivity contribution in [1.82, 2.24) is 10.2 Å². The van der Waals surface area contributed by atoms with Crippen LogP contribution in [0.5, 0.6) is 5.75 Å². The van der Waals surface area contributed by atoms with Crippen LogP contribution in [0, 0.1) is 0 Å².